The first-order chi connectivity index (χ1) is 8.90. The minimum absolute atomic E-state index is 0.120. The largest absolute Gasteiger partial charge is 0.354 e. The second kappa shape index (κ2) is 7.25. The first kappa shape index (κ1) is 16.4. The molecular formula is C15H31N3O. The molecule has 0 aromatic carbocycles. The van der Waals surface area contributed by atoms with Crippen LogP contribution in [0.4, 0.5) is 0 Å². The molecule has 0 radical (unpaired) electrons. The number of hydrogen-bond acceptors (Lipinski definition) is 3. The molecule has 0 aliphatic carbocycles. The van der Waals surface area contributed by atoms with Crippen LogP contribution in [0, 0.1) is 5.41 Å². The molecule has 19 heavy (non-hydrogen) atoms. The van der Waals surface area contributed by atoms with Gasteiger partial charge in [0.25, 0.3) is 0 Å². The Morgan fingerprint density at radius 1 is 1.37 bits per heavy atom. The fourth-order valence-electron chi connectivity index (χ4n) is 2.74. The average molecular weight is 269 g/mol. The number of nitrogens with one attached hydrogen (secondary N) is 1. The second-order valence-electron chi connectivity index (χ2n) is 6.52. The smallest absolute Gasteiger partial charge is 0.221 e. The molecule has 4 heteroatoms. The predicted molar refractivity (Wildman–Crippen MR) is 79.9 cm³/mol. The normalized spacial score (nSPS) is 21.4. The van der Waals surface area contributed by atoms with Gasteiger partial charge in [-0.2, -0.15) is 0 Å². The Morgan fingerprint density at radius 3 is 2.37 bits per heavy atom. The molecule has 1 aliphatic rings. The number of rotatable bonds is 6. The van der Waals surface area contributed by atoms with Crippen molar-refractivity contribution in [3.05, 3.63) is 0 Å². The van der Waals surface area contributed by atoms with E-state index in [0.29, 0.717) is 18.4 Å². The lowest BCUT2D eigenvalue weighted by Crippen LogP contribution is -2.49. The minimum atomic E-state index is 0.120. The molecule has 1 atom stereocenters. The van der Waals surface area contributed by atoms with Gasteiger partial charge in [-0.1, -0.05) is 20.3 Å². The first-order valence-corrected chi connectivity index (χ1v) is 7.63. The van der Waals surface area contributed by atoms with Crippen molar-refractivity contribution < 1.29 is 4.79 Å². The van der Waals surface area contributed by atoms with Gasteiger partial charge in [-0.05, 0) is 45.2 Å². The predicted octanol–water partition coefficient (Wildman–Crippen LogP) is 1.74. The van der Waals surface area contributed by atoms with Crippen LogP contribution in [-0.4, -0.2) is 42.5 Å². The van der Waals surface area contributed by atoms with Crippen molar-refractivity contribution in [2.24, 2.45) is 11.1 Å². The van der Waals surface area contributed by atoms with Crippen molar-refractivity contribution in [2.75, 3.05) is 19.6 Å². The summed E-state index contributed by atoms with van der Waals surface area (Å²) in [7, 11) is 0. The third kappa shape index (κ3) is 5.11. The zero-order valence-corrected chi connectivity index (χ0v) is 13.0. The van der Waals surface area contributed by atoms with E-state index < -0.39 is 0 Å². The van der Waals surface area contributed by atoms with E-state index in [4.69, 9.17) is 5.73 Å². The summed E-state index contributed by atoms with van der Waals surface area (Å²) in [5, 5.41) is 2.95. The molecule has 1 unspecified atom stereocenters. The lowest BCUT2D eigenvalue weighted by Gasteiger charge is -2.42. The molecule has 0 spiro atoms. The maximum Gasteiger partial charge on any atom is 0.221 e. The number of amides is 1. The zero-order chi connectivity index (χ0) is 14.5. The van der Waals surface area contributed by atoms with Crippen LogP contribution >= 0.6 is 0 Å². The molecular weight excluding hydrogens is 238 g/mol. The number of carbonyl (C=O) groups excluding carboxylic acids is 1. The Bertz CT molecular complexity index is 283. The molecule has 0 aromatic rings. The van der Waals surface area contributed by atoms with E-state index in [1.54, 1.807) is 0 Å². The van der Waals surface area contributed by atoms with Crippen LogP contribution in [0.25, 0.3) is 0 Å². The Labute approximate surface area is 118 Å². The van der Waals surface area contributed by atoms with Crippen molar-refractivity contribution in [3.8, 4) is 0 Å². The van der Waals surface area contributed by atoms with Crippen molar-refractivity contribution in [2.45, 2.75) is 65.5 Å². The molecule has 0 bridgehead atoms. The zero-order valence-electron chi connectivity index (χ0n) is 13.0. The van der Waals surface area contributed by atoms with Crippen LogP contribution in [0.15, 0.2) is 0 Å². The van der Waals surface area contributed by atoms with Crippen molar-refractivity contribution >= 4 is 5.91 Å². The topological polar surface area (TPSA) is 58.4 Å². The summed E-state index contributed by atoms with van der Waals surface area (Å²) in [6.07, 6.45) is 4.19. The van der Waals surface area contributed by atoms with E-state index in [2.05, 4.69) is 24.1 Å². The molecule has 112 valence electrons. The van der Waals surface area contributed by atoms with Gasteiger partial charge in [-0.25, -0.2) is 0 Å². The highest BCUT2D eigenvalue weighted by molar-refractivity contribution is 5.76. The molecule has 1 aliphatic heterocycles. The third-order valence-corrected chi connectivity index (χ3v) is 4.52. The molecule has 4 nitrogen and oxygen atoms in total. The van der Waals surface area contributed by atoms with Crippen LogP contribution in [0.5, 0.6) is 0 Å². The summed E-state index contributed by atoms with van der Waals surface area (Å²) >= 11 is 0. The molecule has 3 N–H and O–H groups in total. The molecule has 1 rings (SSSR count). The molecule has 1 saturated heterocycles. The first-order valence-electron chi connectivity index (χ1n) is 7.63. The fraction of sp³-hybridized carbons (Fsp3) is 0.933. The summed E-state index contributed by atoms with van der Waals surface area (Å²) in [4.78, 5) is 14.3. The van der Waals surface area contributed by atoms with Crippen molar-refractivity contribution in [1.29, 1.82) is 0 Å². The fourth-order valence-corrected chi connectivity index (χ4v) is 2.74. The van der Waals surface area contributed by atoms with Gasteiger partial charge in [0.1, 0.15) is 0 Å². The van der Waals surface area contributed by atoms with Crippen LogP contribution < -0.4 is 11.1 Å². The van der Waals surface area contributed by atoms with Gasteiger partial charge in [0.15, 0.2) is 0 Å². The Balaban J connectivity index is 2.46. The molecule has 1 fully saturated rings. The number of carbonyl (C=O) groups is 1. The van der Waals surface area contributed by atoms with E-state index in [9.17, 15) is 4.79 Å². The minimum Gasteiger partial charge on any atom is -0.354 e. The van der Waals surface area contributed by atoms with Crippen LogP contribution in [0.3, 0.4) is 0 Å². The Kier molecular flexibility index (Phi) is 6.27. The average Bonchev–Trinajstić information content (AvgIpc) is 2.36. The number of piperidine rings is 1. The lowest BCUT2D eigenvalue weighted by atomic mass is 9.78. The monoisotopic (exact) mass is 269 g/mol. The van der Waals surface area contributed by atoms with E-state index >= 15 is 0 Å². The molecule has 0 aromatic heterocycles. The quantitative estimate of drug-likeness (QED) is 0.772. The van der Waals surface area contributed by atoms with E-state index in [1.165, 1.54) is 19.3 Å². The summed E-state index contributed by atoms with van der Waals surface area (Å²) in [5.41, 5.74) is 6.34. The van der Waals surface area contributed by atoms with Crippen molar-refractivity contribution in [3.63, 3.8) is 0 Å². The Morgan fingerprint density at radius 2 is 1.95 bits per heavy atom. The van der Waals surface area contributed by atoms with Crippen LogP contribution in [0.2, 0.25) is 0 Å². The number of hydrogen-bond donors (Lipinski definition) is 2. The summed E-state index contributed by atoms with van der Waals surface area (Å²) in [6.45, 7) is 11.3. The number of likely N-dealkylation sites (tertiary alicyclic amines) is 1. The standard InChI is InChI=1S/C15H31N3O/c1-5-15(4)6-8-18(9-7-15)13(11-16)10-14(19)17-12(2)3/h12-13H,5-11,16H2,1-4H3,(H,17,19). The number of nitrogens with two attached hydrogens (primary N) is 1. The molecule has 1 amide bonds. The van der Waals surface area contributed by atoms with E-state index in [0.717, 1.165) is 13.1 Å². The summed E-state index contributed by atoms with van der Waals surface area (Å²) < 4.78 is 0. The third-order valence-electron chi connectivity index (χ3n) is 4.52. The highest BCUT2D eigenvalue weighted by Crippen LogP contribution is 2.34. The van der Waals surface area contributed by atoms with Gasteiger partial charge in [-0.15, -0.1) is 0 Å². The van der Waals surface area contributed by atoms with Crippen molar-refractivity contribution in [1.82, 2.24) is 10.2 Å². The maximum absolute atomic E-state index is 11.9. The second-order valence-corrected chi connectivity index (χ2v) is 6.52. The molecule has 0 saturated carbocycles. The summed E-state index contributed by atoms with van der Waals surface area (Å²) in [5.74, 6) is 0.120. The molecule has 1 heterocycles. The van der Waals surface area contributed by atoms with Crippen LogP contribution in [0.1, 0.15) is 53.4 Å². The van der Waals surface area contributed by atoms with Gasteiger partial charge in [-0.3, -0.25) is 9.69 Å². The highest BCUT2D eigenvalue weighted by Gasteiger charge is 2.31. The van der Waals surface area contributed by atoms with Gasteiger partial charge < -0.3 is 11.1 Å². The maximum atomic E-state index is 11.9. The SMILES string of the molecule is CCC1(C)CCN(C(CN)CC(=O)NC(C)C)CC1. The van der Waals surface area contributed by atoms with E-state index in [1.807, 2.05) is 13.8 Å². The van der Waals surface area contributed by atoms with Gasteiger partial charge in [0, 0.05) is 25.0 Å². The summed E-state index contributed by atoms with van der Waals surface area (Å²) in [6, 6.07) is 0.399. The Hall–Kier alpha value is -0.610. The van der Waals surface area contributed by atoms with Gasteiger partial charge in [0.05, 0.1) is 0 Å². The van der Waals surface area contributed by atoms with Crippen LogP contribution in [-0.2, 0) is 4.79 Å². The van der Waals surface area contributed by atoms with Gasteiger partial charge >= 0.3 is 0 Å². The van der Waals surface area contributed by atoms with Gasteiger partial charge in [0.2, 0.25) is 5.91 Å². The number of nitrogens with zero attached hydrogens (tertiary/aromatic N) is 1. The lowest BCUT2D eigenvalue weighted by molar-refractivity contribution is -0.123. The van der Waals surface area contributed by atoms with E-state index in [-0.39, 0.29) is 18.0 Å². The highest BCUT2D eigenvalue weighted by atomic mass is 16.1.